The predicted octanol–water partition coefficient (Wildman–Crippen LogP) is -1.36. The molecule has 0 aromatic rings. The van der Waals surface area contributed by atoms with Gasteiger partial charge in [0.25, 0.3) is 0 Å². The molecule has 0 saturated carbocycles. The molecule has 6 nitrogen and oxygen atoms in total. The van der Waals surface area contributed by atoms with Gasteiger partial charge in [-0.3, -0.25) is 4.79 Å². The summed E-state index contributed by atoms with van der Waals surface area (Å²) in [6.45, 7) is 0.647. The third-order valence-corrected chi connectivity index (χ3v) is 3.34. The van der Waals surface area contributed by atoms with Crippen molar-refractivity contribution in [2.45, 2.75) is 18.6 Å². The van der Waals surface area contributed by atoms with Gasteiger partial charge in [0.15, 0.2) is 6.10 Å². The van der Waals surface area contributed by atoms with Crippen LogP contribution in [0.5, 0.6) is 0 Å². The fourth-order valence-corrected chi connectivity index (χ4v) is 2.29. The van der Waals surface area contributed by atoms with Crippen molar-refractivity contribution in [2.24, 2.45) is 0 Å². The van der Waals surface area contributed by atoms with E-state index in [1.165, 1.54) is 0 Å². The molecule has 16 heavy (non-hydrogen) atoms. The number of hydrogen-bond acceptors (Lipinski definition) is 5. The van der Waals surface area contributed by atoms with Crippen LogP contribution in [0, 0.1) is 0 Å². The molecule has 0 aliphatic carbocycles. The van der Waals surface area contributed by atoms with Gasteiger partial charge in [0.05, 0.1) is 6.54 Å². The van der Waals surface area contributed by atoms with E-state index >= 15 is 0 Å². The van der Waals surface area contributed by atoms with Gasteiger partial charge >= 0.3 is 5.97 Å². The average Bonchev–Trinajstić information content (AvgIpc) is 2.27. The summed E-state index contributed by atoms with van der Waals surface area (Å²) in [4.78, 5) is 21.7. The Balaban J connectivity index is 2.17. The van der Waals surface area contributed by atoms with E-state index in [1.54, 1.807) is 11.8 Å². The van der Waals surface area contributed by atoms with Gasteiger partial charge < -0.3 is 20.8 Å². The van der Waals surface area contributed by atoms with Crippen molar-refractivity contribution in [3.8, 4) is 0 Å². The minimum Gasteiger partial charge on any atom is -0.479 e. The summed E-state index contributed by atoms with van der Waals surface area (Å²) in [5.74, 6) is 0.372. The van der Waals surface area contributed by atoms with E-state index in [2.05, 4.69) is 10.6 Å². The first kappa shape index (κ1) is 13.3. The standard InChI is InChI=1S/C9H16N2O4S/c12-7(9(14)15)4-11-8(13)3-6-5-16-2-1-10-6/h6-7,10,12H,1-5H2,(H,11,13)(H,14,15). The van der Waals surface area contributed by atoms with E-state index in [1.807, 2.05) is 0 Å². The van der Waals surface area contributed by atoms with Crippen molar-refractivity contribution in [2.75, 3.05) is 24.6 Å². The van der Waals surface area contributed by atoms with Gasteiger partial charge in [-0.15, -0.1) is 0 Å². The highest BCUT2D eigenvalue weighted by Crippen LogP contribution is 2.09. The normalized spacial score (nSPS) is 22.4. The average molecular weight is 248 g/mol. The number of carboxylic acid groups (broad SMARTS) is 1. The number of carbonyl (C=O) groups is 2. The van der Waals surface area contributed by atoms with Crippen LogP contribution in [-0.4, -0.2) is 58.8 Å². The molecule has 1 fully saturated rings. The van der Waals surface area contributed by atoms with Crippen LogP contribution in [0.15, 0.2) is 0 Å². The molecule has 92 valence electrons. The van der Waals surface area contributed by atoms with Gasteiger partial charge in [-0.1, -0.05) is 0 Å². The topological polar surface area (TPSA) is 98.7 Å². The van der Waals surface area contributed by atoms with Gasteiger partial charge in [-0.05, 0) is 0 Å². The Morgan fingerprint density at radius 1 is 1.56 bits per heavy atom. The van der Waals surface area contributed by atoms with Gasteiger partial charge in [0, 0.05) is 30.5 Å². The smallest absolute Gasteiger partial charge is 0.334 e. The van der Waals surface area contributed by atoms with E-state index < -0.39 is 12.1 Å². The number of carbonyl (C=O) groups excluding carboxylic acids is 1. The fourth-order valence-electron chi connectivity index (χ4n) is 1.34. The van der Waals surface area contributed by atoms with Crippen LogP contribution >= 0.6 is 11.8 Å². The maximum atomic E-state index is 11.4. The molecule has 7 heteroatoms. The highest BCUT2D eigenvalue weighted by molar-refractivity contribution is 7.99. The zero-order valence-electron chi connectivity index (χ0n) is 8.81. The number of aliphatic carboxylic acids is 1. The lowest BCUT2D eigenvalue weighted by Crippen LogP contribution is -2.43. The molecule has 0 spiro atoms. The van der Waals surface area contributed by atoms with Crippen LogP contribution in [0.1, 0.15) is 6.42 Å². The third kappa shape index (κ3) is 4.82. The van der Waals surface area contributed by atoms with Crippen LogP contribution in [0.2, 0.25) is 0 Å². The number of hydrogen-bond donors (Lipinski definition) is 4. The number of aliphatic hydroxyl groups is 1. The van der Waals surface area contributed by atoms with Crippen molar-refractivity contribution in [3.63, 3.8) is 0 Å². The Kier molecular flexibility index (Phi) is 5.58. The van der Waals surface area contributed by atoms with E-state index in [0.29, 0.717) is 6.42 Å². The third-order valence-electron chi connectivity index (χ3n) is 2.21. The molecule has 1 amide bonds. The molecule has 1 aliphatic heterocycles. The van der Waals surface area contributed by atoms with Crippen LogP contribution in [0.25, 0.3) is 0 Å². The van der Waals surface area contributed by atoms with Gasteiger partial charge in [-0.25, -0.2) is 4.79 Å². The van der Waals surface area contributed by atoms with Crippen molar-refractivity contribution < 1.29 is 19.8 Å². The Bertz CT molecular complexity index is 256. The zero-order valence-corrected chi connectivity index (χ0v) is 9.63. The van der Waals surface area contributed by atoms with E-state index in [4.69, 9.17) is 10.2 Å². The molecule has 2 unspecified atom stereocenters. The first-order valence-electron chi connectivity index (χ1n) is 5.08. The SMILES string of the molecule is O=C(CC1CSCCN1)NCC(O)C(=O)O. The Morgan fingerprint density at radius 3 is 2.88 bits per heavy atom. The molecular weight excluding hydrogens is 232 g/mol. The lowest BCUT2D eigenvalue weighted by Gasteiger charge is -2.22. The summed E-state index contributed by atoms with van der Waals surface area (Å²) < 4.78 is 0. The second-order valence-corrected chi connectivity index (χ2v) is 4.74. The quantitative estimate of drug-likeness (QED) is 0.480. The summed E-state index contributed by atoms with van der Waals surface area (Å²) in [7, 11) is 0. The van der Waals surface area contributed by atoms with Gasteiger partial charge in [0.2, 0.25) is 5.91 Å². The predicted molar refractivity (Wildman–Crippen MR) is 60.4 cm³/mol. The monoisotopic (exact) mass is 248 g/mol. The van der Waals surface area contributed by atoms with Crippen molar-refractivity contribution in [1.82, 2.24) is 10.6 Å². The first-order valence-corrected chi connectivity index (χ1v) is 6.23. The summed E-state index contributed by atoms with van der Waals surface area (Å²) in [5, 5.41) is 22.9. The van der Waals surface area contributed by atoms with E-state index in [9.17, 15) is 9.59 Å². The second kappa shape index (κ2) is 6.72. The zero-order chi connectivity index (χ0) is 12.0. The maximum absolute atomic E-state index is 11.4. The lowest BCUT2D eigenvalue weighted by atomic mass is 10.2. The molecule has 2 atom stereocenters. The summed E-state index contributed by atoms with van der Waals surface area (Å²) >= 11 is 1.79. The highest BCUT2D eigenvalue weighted by Gasteiger charge is 2.18. The molecule has 0 radical (unpaired) electrons. The fraction of sp³-hybridized carbons (Fsp3) is 0.778. The minimum absolute atomic E-state index is 0.140. The Morgan fingerprint density at radius 2 is 2.31 bits per heavy atom. The Labute approximate surface area is 97.8 Å². The molecule has 0 bridgehead atoms. The highest BCUT2D eigenvalue weighted by atomic mass is 32.2. The molecule has 1 saturated heterocycles. The van der Waals surface area contributed by atoms with Crippen LogP contribution in [0.4, 0.5) is 0 Å². The molecular formula is C9H16N2O4S. The van der Waals surface area contributed by atoms with Crippen molar-refractivity contribution in [1.29, 1.82) is 0 Å². The number of amides is 1. The van der Waals surface area contributed by atoms with E-state index in [-0.39, 0.29) is 18.5 Å². The van der Waals surface area contributed by atoms with E-state index in [0.717, 1.165) is 18.1 Å². The van der Waals surface area contributed by atoms with Crippen molar-refractivity contribution >= 4 is 23.6 Å². The molecule has 0 aromatic heterocycles. The lowest BCUT2D eigenvalue weighted by molar-refractivity contribution is -0.146. The van der Waals surface area contributed by atoms with Gasteiger partial charge in [0.1, 0.15) is 0 Å². The largest absolute Gasteiger partial charge is 0.479 e. The molecule has 1 rings (SSSR count). The summed E-state index contributed by atoms with van der Waals surface area (Å²) in [6, 6.07) is 0.140. The Hall–Kier alpha value is -0.790. The minimum atomic E-state index is -1.53. The number of carboxylic acids is 1. The molecule has 0 aromatic carbocycles. The molecule has 1 aliphatic rings. The van der Waals surface area contributed by atoms with Gasteiger partial charge in [-0.2, -0.15) is 11.8 Å². The van der Waals surface area contributed by atoms with Crippen LogP contribution in [0.3, 0.4) is 0 Å². The summed E-state index contributed by atoms with van der Waals surface area (Å²) in [5.41, 5.74) is 0. The van der Waals surface area contributed by atoms with Crippen LogP contribution < -0.4 is 10.6 Å². The van der Waals surface area contributed by atoms with Crippen molar-refractivity contribution in [3.05, 3.63) is 0 Å². The summed E-state index contributed by atoms with van der Waals surface area (Å²) in [6.07, 6.45) is -1.21. The maximum Gasteiger partial charge on any atom is 0.334 e. The number of thioether (sulfide) groups is 1. The van der Waals surface area contributed by atoms with Crippen LogP contribution in [-0.2, 0) is 9.59 Å². The number of nitrogens with one attached hydrogen (secondary N) is 2. The number of rotatable bonds is 5. The second-order valence-electron chi connectivity index (χ2n) is 3.59. The number of aliphatic hydroxyl groups excluding tert-OH is 1. The molecule has 1 heterocycles. The molecule has 4 N–H and O–H groups in total. The first-order chi connectivity index (χ1) is 7.59.